The largest absolute Gasteiger partial charge is 0.507 e. The van der Waals surface area contributed by atoms with Crippen molar-refractivity contribution in [2.45, 2.75) is 32.2 Å². The number of phenols is 1. The highest BCUT2D eigenvalue weighted by molar-refractivity contribution is 5.97. The summed E-state index contributed by atoms with van der Waals surface area (Å²) in [6, 6.07) is 5.71. The highest BCUT2D eigenvalue weighted by Crippen LogP contribution is 2.29. The van der Waals surface area contributed by atoms with Crippen LogP contribution in [0.1, 0.15) is 35.2 Å². The van der Waals surface area contributed by atoms with Crippen LogP contribution in [-0.2, 0) is 0 Å². The van der Waals surface area contributed by atoms with Gasteiger partial charge in [-0.1, -0.05) is 6.07 Å². The predicted molar refractivity (Wildman–Crippen MR) is 106 cm³/mol. The number of hydrogen-bond donors (Lipinski definition) is 2. The summed E-state index contributed by atoms with van der Waals surface area (Å²) in [6.07, 6.45) is 2.65. The first kappa shape index (κ1) is 20.1. The molecule has 2 saturated heterocycles. The molecule has 2 aliphatic heterocycles. The number of likely N-dealkylation sites (tertiary alicyclic amines) is 1. The summed E-state index contributed by atoms with van der Waals surface area (Å²) in [5.74, 6) is 0.345. The summed E-state index contributed by atoms with van der Waals surface area (Å²) in [7, 11) is 2.16. The van der Waals surface area contributed by atoms with Crippen LogP contribution in [0.25, 0.3) is 0 Å². The maximum absolute atomic E-state index is 13.0. The molecule has 6 heteroatoms. The number of rotatable bonds is 5. The third-order valence-electron chi connectivity index (χ3n) is 6.10. The molecule has 0 aliphatic carbocycles. The number of amides is 1. The quantitative estimate of drug-likeness (QED) is 0.817. The van der Waals surface area contributed by atoms with E-state index in [-0.39, 0.29) is 18.3 Å². The molecule has 2 atom stereocenters. The summed E-state index contributed by atoms with van der Waals surface area (Å²) < 4.78 is 0. The third kappa shape index (κ3) is 4.81. The van der Waals surface area contributed by atoms with Gasteiger partial charge in [0.2, 0.25) is 0 Å². The van der Waals surface area contributed by atoms with E-state index in [0.717, 1.165) is 57.5 Å². The van der Waals surface area contributed by atoms with E-state index in [9.17, 15) is 15.0 Å². The van der Waals surface area contributed by atoms with Crippen LogP contribution in [0.4, 0.5) is 0 Å². The highest BCUT2D eigenvalue weighted by atomic mass is 16.3. The first-order valence-corrected chi connectivity index (χ1v) is 10.1. The molecule has 0 saturated carbocycles. The van der Waals surface area contributed by atoms with E-state index in [2.05, 4.69) is 16.8 Å². The Balaban J connectivity index is 1.70. The molecule has 1 amide bonds. The van der Waals surface area contributed by atoms with Crippen LogP contribution in [-0.4, -0.2) is 89.8 Å². The van der Waals surface area contributed by atoms with Crippen molar-refractivity contribution in [3.8, 4) is 5.75 Å². The number of piperidine rings is 1. The fourth-order valence-electron chi connectivity index (χ4n) is 4.47. The second kappa shape index (κ2) is 9.04. The van der Waals surface area contributed by atoms with Crippen molar-refractivity contribution < 1.29 is 15.0 Å². The summed E-state index contributed by atoms with van der Waals surface area (Å²) in [5, 5.41) is 19.5. The third-order valence-corrected chi connectivity index (χ3v) is 6.10. The SMILES string of the molecule is Cc1ccc(C(=O)N2CC[C@@H](N3CCN(C)CC3)[C@@H](CCCO)C2)c(O)c1. The van der Waals surface area contributed by atoms with Crippen molar-refractivity contribution in [2.24, 2.45) is 5.92 Å². The Labute approximate surface area is 162 Å². The van der Waals surface area contributed by atoms with Crippen molar-refractivity contribution in [2.75, 3.05) is 52.9 Å². The summed E-state index contributed by atoms with van der Waals surface area (Å²) in [4.78, 5) is 19.8. The molecule has 2 fully saturated rings. The molecule has 0 spiro atoms. The Bertz CT molecular complexity index is 644. The Hall–Kier alpha value is -1.63. The first-order chi connectivity index (χ1) is 13.0. The van der Waals surface area contributed by atoms with Gasteiger partial charge in [0.25, 0.3) is 5.91 Å². The average Bonchev–Trinajstić information content (AvgIpc) is 2.66. The van der Waals surface area contributed by atoms with Crippen LogP contribution in [0.2, 0.25) is 0 Å². The Morgan fingerprint density at radius 1 is 1.19 bits per heavy atom. The van der Waals surface area contributed by atoms with Crippen LogP contribution in [0.5, 0.6) is 5.75 Å². The molecular weight excluding hydrogens is 342 g/mol. The van der Waals surface area contributed by atoms with Gasteiger partial charge >= 0.3 is 0 Å². The van der Waals surface area contributed by atoms with Gasteiger partial charge in [-0.25, -0.2) is 0 Å². The number of phenolic OH excluding ortho intramolecular Hbond substituents is 1. The molecule has 2 heterocycles. The standard InChI is InChI=1S/C21H33N3O3/c1-16-5-6-18(20(26)14-16)21(27)24-8-7-19(17(15-24)4-3-13-25)23-11-9-22(2)10-12-23/h5-6,14,17,19,25-26H,3-4,7-13,15H2,1-2H3/t17-,19+/m0/s1. The number of benzene rings is 1. The summed E-state index contributed by atoms with van der Waals surface area (Å²) >= 11 is 0. The number of nitrogens with zero attached hydrogens (tertiary/aromatic N) is 3. The van der Waals surface area contributed by atoms with Crippen LogP contribution >= 0.6 is 0 Å². The lowest BCUT2D eigenvalue weighted by molar-refractivity contribution is 0.0217. The van der Waals surface area contributed by atoms with E-state index in [4.69, 9.17) is 0 Å². The van der Waals surface area contributed by atoms with Crippen molar-refractivity contribution >= 4 is 5.91 Å². The molecule has 0 bridgehead atoms. The highest BCUT2D eigenvalue weighted by Gasteiger charge is 2.36. The molecule has 1 aromatic carbocycles. The van der Waals surface area contributed by atoms with E-state index in [1.54, 1.807) is 12.1 Å². The number of aryl methyl sites for hydroxylation is 1. The topological polar surface area (TPSA) is 67.3 Å². The van der Waals surface area contributed by atoms with E-state index < -0.39 is 0 Å². The monoisotopic (exact) mass is 375 g/mol. The van der Waals surface area contributed by atoms with Gasteiger partial charge in [-0.15, -0.1) is 0 Å². The van der Waals surface area contributed by atoms with Crippen LogP contribution in [0.15, 0.2) is 18.2 Å². The zero-order chi connectivity index (χ0) is 19.4. The minimum absolute atomic E-state index is 0.0631. The molecule has 0 unspecified atom stereocenters. The maximum Gasteiger partial charge on any atom is 0.257 e. The van der Waals surface area contributed by atoms with Gasteiger partial charge in [-0.3, -0.25) is 9.69 Å². The Morgan fingerprint density at radius 3 is 2.59 bits per heavy atom. The zero-order valence-electron chi connectivity index (χ0n) is 16.6. The molecule has 2 N–H and O–H groups in total. The first-order valence-electron chi connectivity index (χ1n) is 10.1. The predicted octanol–water partition coefficient (Wildman–Crippen LogP) is 1.55. The lowest BCUT2D eigenvalue weighted by Crippen LogP contribution is -2.56. The number of aromatic hydroxyl groups is 1. The number of hydrogen-bond acceptors (Lipinski definition) is 5. The minimum Gasteiger partial charge on any atom is -0.507 e. The molecule has 2 aliphatic rings. The molecule has 0 aromatic heterocycles. The second-order valence-corrected chi connectivity index (χ2v) is 8.09. The van der Waals surface area contributed by atoms with Gasteiger partial charge in [0.05, 0.1) is 5.56 Å². The number of aliphatic hydroxyl groups is 1. The second-order valence-electron chi connectivity index (χ2n) is 8.09. The van der Waals surface area contributed by atoms with Gasteiger partial charge < -0.3 is 20.0 Å². The Kier molecular flexibility index (Phi) is 6.73. The molecule has 27 heavy (non-hydrogen) atoms. The fourth-order valence-corrected chi connectivity index (χ4v) is 4.47. The van der Waals surface area contributed by atoms with Crippen LogP contribution in [0.3, 0.4) is 0 Å². The normalized spacial score (nSPS) is 24.9. The van der Waals surface area contributed by atoms with Gasteiger partial charge in [0, 0.05) is 51.9 Å². The minimum atomic E-state index is -0.0849. The van der Waals surface area contributed by atoms with Crippen molar-refractivity contribution in [3.63, 3.8) is 0 Å². The number of carbonyl (C=O) groups is 1. The van der Waals surface area contributed by atoms with E-state index in [1.807, 2.05) is 17.9 Å². The van der Waals surface area contributed by atoms with Crippen molar-refractivity contribution in [1.82, 2.24) is 14.7 Å². The van der Waals surface area contributed by atoms with Gasteiger partial charge in [-0.05, 0) is 56.8 Å². The average molecular weight is 376 g/mol. The number of carbonyl (C=O) groups excluding carboxylic acids is 1. The molecule has 0 radical (unpaired) electrons. The lowest BCUT2D eigenvalue weighted by atomic mass is 9.86. The molecular formula is C21H33N3O3. The molecule has 1 aromatic rings. The molecule has 150 valence electrons. The molecule has 3 rings (SSSR count). The number of likely N-dealkylation sites (N-methyl/N-ethyl adjacent to an activating group) is 1. The van der Waals surface area contributed by atoms with Gasteiger partial charge in [0.1, 0.15) is 5.75 Å². The smallest absolute Gasteiger partial charge is 0.257 e. The lowest BCUT2D eigenvalue weighted by Gasteiger charge is -2.46. The summed E-state index contributed by atoms with van der Waals surface area (Å²) in [5.41, 5.74) is 1.33. The van der Waals surface area contributed by atoms with E-state index >= 15 is 0 Å². The van der Waals surface area contributed by atoms with Crippen molar-refractivity contribution in [1.29, 1.82) is 0 Å². The maximum atomic E-state index is 13.0. The zero-order valence-corrected chi connectivity index (χ0v) is 16.6. The van der Waals surface area contributed by atoms with E-state index in [1.165, 1.54) is 0 Å². The fraction of sp³-hybridized carbons (Fsp3) is 0.667. The van der Waals surface area contributed by atoms with Gasteiger partial charge in [0.15, 0.2) is 0 Å². The Morgan fingerprint density at radius 2 is 1.93 bits per heavy atom. The van der Waals surface area contributed by atoms with Crippen LogP contribution in [0, 0.1) is 12.8 Å². The van der Waals surface area contributed by atoms with Gasteiger partial charge in [-0.2, -0.15) is 0 Å². The van der Waals surface area contributed by atoms with Crippen LogP contribution < -0.4 is 0 Å². The van der Waals surface area contributed by atoms with E-state index in [0.29, 0.717) is 24.1 Å². The summed E-state index contributed by atoms with van der Waals surface area (Å²) in [6.45, 7) is 7.83. The number of aliphatic hydroxyl groups excluding tert-OH is 1. The molecule has 6 nitrogen and oxygen atoms in total. The van der Waals surface area contributed by atoms with Crippen molar-refractivity contribution in [3.05, 3.63) is 29.3 Å². The number of piperazine rings is 1.